The fraction of sp³-hybridized carbons (Fsp3) is 0.541. The molecule has 0 saturated carbocycles. The maximum Gasteiger partial charge on any atom is 0.326 e. The summed E-state index contributed by atoms with van der Waals surface area (Å²) in [6.45, 7) is 20.2. The van der Waals surface area contributed by atoms with Crippen LogP contribution < -0.4 is 0 Å². The molecule has 2 aliphatic rings. The Kier molecular flexibility index (Phi) is 11.2. The van der Waals surface area contributed by atoms with E-state index in [-0.39, 0.29) is 42.0 Å². The van der Waals surface area contributed by atoms with Crippen LogP contribution >= 0.6 is 0 Å². The van der Waals surface area contributed by atoms with Gasteiger partial charge in [0.15, 0.2) is 20.0 Å². The molecule has 0 aromatic heterocycles. The summed E-state index contributed by atoms with van der Waals surface area (Å²) in [5.41, 5.74) is 3.53. The van der Waals surface area contributed by atoms with Crippen molar-refractivity contribution in [2.45, 2.75) is 103 Å². The van der Waals surface area contributed by atoms with E-state index in [1.54, 1.807) is 0 Å². The molecule has 4 atom stereocenters. The molecular formula is C37H52N2O6Si. The van der Waals surface area contributed by atoms with Crippen LogP contribution in [0.2, 0.25) is 18.1 Å². The Morgan fingerprint density at radius 2 is 1.65 bits per heavy atom. The lowest BCUT2D eigenvalue weighted by atomic mass is 9.87. The molecule has 1 saturated heterocycles. The number of ether oxygens (including phenoxy) is 1. The second-order valence-electron chi connectivity index (χ2n) is 14.7. The largest absolute Gasteiger partial charge is 0.480 e. The van der Waals surface area contributed by atoms with E-state index in [9.17, 15) is 19.5 Å². The van der Waals surface area contributed by atoms with E-state index in [2.05, 4.69) is 57.5 Å². The van der Waals surface area contributed by atoms with Gasteiger partial charge >= 0.3 is 5.97 Å². The molecule has 4 rings (SSSR count). The number of amides is 1. The smallest absolute Gasteiger partial charge is 0.326 e. The highest BCUT2D eigenvalue weighted by Gasteiger charge is 2.45. The molecule has 2 aliphatic heterocycles. The normalized spacial score (nSPS) is 19.8. The number of aliphatic carboxylic acids is 1. The average molecular weight is 649 g/mol. The highest BCUT2D eigenvalue weighted by atomic mass is 28.4. The summed E-state index contributed by atoms with van der Waals surface area (Å²) in [7, 11) is -2.32. The summed E-state index contributed by atoms with van der Waals surface area (Å²) >= 11 is 0. The lowest BCUT2D eigenvalue weighted by molar-refractivity contribution is -0.151. The molecule has 0 unspecified atom stereocenters. The molecule has 1 amide bonds. The Labute approximate surface area is 275 Å². The molecule has 2 aromatic carbocycles. The van der Waals surface area contributed by atoms with Crippen molar-refractivity contribution in [1.82, 2.24) is 9.80 Å². The molecule has 0 bridgehead atoms. The van der Waals surface area contributed by atoms with Gasteiger partial charge in [0.25, 0.3) is 0 Å². The van der Waals surface area contributed by atoms with E-state index >= 15 is 0 Å². The summed E-state index contributed by atoms with van der Waals surface area (Å²) in [5, 5.41) is 10.0. The van der Waals surface area contributed by atoms with Crippen LogP contribution in [0.1, 0.15) is 64.2 Å². The zero-order valence-corrected chi connectivity index (χ0v) is 29.6. The number of hydrogen-bond donors (Lipinski definition) is 1. The molecule has 1 fully saturated rings. The number of carbonyl (C=O) groups excluding carboxylic acids is 2. The van der Waals surface area contributed by atoms with Crippen molar-refractivity contribution in [2.24, 2.45) is 11.8 Å². The molecule has 1 N–H and O–H groups in total. The second-order valence-corrected chi connectivity index (χ2v) is 19.5. The van der Waals surface area contributed by atoms with Gasteiger partial charge in [-0.25, -0.2) is 4.79 Å². The molecule has 0 spiro atoms. The van der Waals surface area contributed by atoms with Crippen molar-refractivity contribution < 1.29 is 28.7 Å². The Balaban J connectivity index is 1.48. The Morgan fingerprint density at radius 3 is 2.26 bits per heavy atom. The standard InChI is InChI=1S/C37H52N2O6Si/c1-25(2)31(22-33(40)34(20-27-14-10-9-11-15-27)45-46(7,8)37(4,5)6)35(41)39-24-30(21-32(39)36(42)43)44-26(3)38-19-18-28-16-12-13-17-29(28)23-38/h9-17,25,30-32,34H,3,18-24H2,1-2,4-8H3,(H,42,43)/t30-,31+,32+,34+/m1/s1. The fourth-order valence-electron chi connectivity index (χ4n) is 6.09. The monoisotopic (exact) mass is 648 g/mol. The van der Waals surface area contributed by atoms with E-state index in [1.165, 1.54) is 16.0 Å². The molecule has 8 nitrogen and oxygen atoms in total. The Bertz CT molecular complexity index is 1400. The Hall–Kier alpha value is -3.43. The summed E-state index contributed by atoms with van der Waals surface area (Å²) in [6.07, 6.45) is 0.239. The predicted octanol–water partition coefficient (Wildman–Crippen LogP) is 6.45. The summed E-state index contributed by atoms with van der Waals surface area (Å²) < 4.78 is 12.9. The van der Waals surface area contributed by atoms with E-state index in [1.807, 2.05) is 56.3 Å². The van der Waals surface area contributed by atoms with Gasteiger partial charge in [0.2, 0.25) is 5.91 Å². The molecule has 0 aliphatic carbocycles. The highest BCUT2D eigenvalue weighted by Crippen LogP contribution is 2.38. The number of carbonyl (C=O) groups is 3. The zero-order chi connectivity index (χ0) is 33.8. The lowest BCUT2D eigenvalue weighted by Gasteiger charge is -2.39. The lowest BCUT2D eigenvalue weighted by Crippen LogP contribution is -2.48. The minimum Gasteiger partial charge on any atom is -0.480 e. The van der Waals surface area contributed by atoms with Gasteiger partial charge in [-0.3, -0.25) is 9.59 Å². The van der Waals surface area contributed by atoms with Crippen molar-refractivity contribution in [3.05, 3.63) is 83.7 Å². The number of fused-ring (bicyclic) bond motifs is 1. The first-order valence-electron chi connectivity index (χ1n) is 16.5. The summed E-state index contributed by atoms with van der Waals surface area (Å²) in [6, 6.07) is 17.1. The quantitative estimate of drug-likeness (QED) is 0.197. The number of ketones is 1. The highest BCUT2D eigenvalue weighted by molar-refractivity contribution is 6.74. The van der Waals surface area contributed by atoms with Gasteiger partial charge < -0.3 is 24.1 Å². The van der Waals surface area contributed by atoms with Gasteiger partial charge in [-0.1, -0.05) is 89.2 Å². The van der Waals surface area contributed by atoms with Crippen molar-refractivity contribution >= 4 is 26.0 Å². The summed E-state index contributed by atoms with van der Waals surface area (Å²) in [4.78, 5) is 44.0. The first-order chi connectivity index (χ1) is 21.6. The molecule has 2 heterocycles. The van der Waals surface area contributed by atoms with Gasteiger partial charge in [-0.05, 0) is 53.7 Å². The second kappa shape index (κ2) is 14.5. The van der Waals surface area contributed by atoms with Gasteiger partial charge in [0, 0.05) is 38.3 Å². The van der Waals surface area contributed by atoms with Crippen molar-refractivity contribution in [3.8, 4) is 0 Å². The number of nitrogens with zero attached hydrogens (tertiary/aromatic N) is 2. The molecule has 2 aromatic rings. The van der Waals surface area contributed by atoms with Crippen molar-refractivity contribution in [2.75, 3.05) is 13.1 Å². The zero-order valence-electron chi connectivity index (χ0n) is 28.6. The Morgan fingerprint density at radius 1 is 1.02 bits per heavy atom. The van der Waals surface area contributed by atoms with Gasteiger partial charge in [0.1, 0.15) is 18.2 Å². The van der Waals surface area contributed by atoms with Crippen LogP contribution in [0.25, 0.3) is 0 Å². The number of benzene rings is 2. The summed E-state index contributed by atoms with van der Waals surface area (Å²) in [5.74, 6) is -1.91. The average Bonchev–Trinajstić information content (AvgIpc) is 3.42. The van der Waals surface area contributed by atoms with Crippen molar-refractivity contribution in [1.29, 1.82) is 0 Å². The van der Waals surface area contributed by atoms with E-state index < -0.39 is 38.5 Å². The molecule has 0 radical (unpaired) electrons. The van der Waals surface area contributed by atoms with Crippen LogP contribution in [0.5, 0.6) is 0 Å². The minimum atomic E-state index is -2.32. The topological polar surface area (TPSA) is 96.4 Å². The van der Waals surface area contributed by atoms with Crippen LogP contribution in [-0.4, -0.2) is 72.2 Å². The fourth-order valence-corrected chi connectivity index (χ4v) is 7.37. The number of likely N-dealkylation sites (tertiary alicyclic amines) is 1. The van der Waals surface area contributed by atoms with Gasteiger partial charge in [0.05, 0.1) is 6.54 Å². The van der Waals surface area contributed by atoms with Crippen LogP contribution in [0.4, 0.5) is 0 Å². The van der Waals surface area contributed by atoms with E-state index in [0.717, 1.165) is 18.5 Å². The number of rotatable bonds is 13. The molecule has 9 heteroatoms. The number of hydrogen-bond acceptors (Lipinski definition) is 6. The first-order valence-corrected chi connectivity index (χ1v) is 19.4. The van der Waals surface area contributed by atoms with E-state index in [4.69, 9.17) is 9.16 Å². The van der Waals surface area contributed by atoms with Crippen molar-refractivity contribution in [3.63, 3.8) is 0 Å². The third kappa shape index (κ3) is 8.47. The van der Waals surface area contributed by atoms with Gasteiger partial charge in [-0.15, -0.1) is 0 Å². The maximum absolute atomic E-state index is 14.1. The predicted molar refractivity (Wildman–Crippen MR) is 182 cm³/mol. The third-order valence-electron chi connectivity index (χ3n) is 10.0. The molecule has 46 heavy (non-hydrogen) atoms. The number of carboxylic acids is 1. The van der Waals surface area contributed by atoms with Crippen LogP contribution in [0, 0.1) is 11.8 Å². The van der Waals surface area contributed by atoms with Crippen LogP contribution in [0.3, 0.4) is 0 Å². The van der Waals surface area contributed by atoms with Crippen LogP contribution in [0.15, 0.2) is 67.1 Å². The minimum absolute atomic E-state index is 0.0170. The van der Waals surface area contributed by atoms with E-state index in [0.29, 0.717) is 18.8 Å². The number of Topliss-reactive ketones (excluding diaryl/α,β-unsaturated/α-hetero) is 1. The van der Waals surface area contributed by atoms with Crippen LogP contribution in [-0.2, 0) is 42.9 Å². The number of carboxylic acid groups (broad SMARTS) is 1. The first kappa shape index (κ1) is 35.4. The molecular weight excluding hydrogens is 597 g/mol. The maximum atomic E-state index is 14.1. The molecule has 250 valence electrons. The van der Waals surface area contributed by atoms with Gasteiger partial charge in [-0.2, -0.15) is 0 Å². The third-order valence-corrected chi connectivity index (χ3v) is 14.5. The SMILES string of the molecule is C=C(O[C@@H]1C[C@@H](C(=O)O)N(C(=O)[C@@H](CC(=O)[C@H](Cc2ccccc2)O[Si](C)(C)C(C)(C)C)C(C)C)C1)N1CCc2ccccc2C1.